The van der Waals surface area contributed by atoms with E-state index in [-0.39, 0.29) is 35.9 Å². The Morgan fingerprint density at radius 3 is 2.27 bits per heavy atom. The summed E-state index contributed by atoms with van der Waals surface area (Å²) < 4.78 is 1.68. The van der Waals surface area contributed by atoms with Gasteiger partial charge in [0.15, 0.2) is 5.16 Å². The van der Waals surface area contributed by atoms with Gasteiger partial charge in [0, 0.05) is 18.2 Å². The zero-order valence-corrected chi connectivity index (χ0v) is 17.9. The Kier molecular flexibility index (Phi) is 6.04. The number of hydrogen-bond donors (Lipinski definition) is 1. The van der Waals surface area contributed by atoms with Crippen LogP contribution in [-0.4, -0.2) is 21.2 Å². The maximum Gasteiger partial charge on any atom is 0.254 e. The molecule has 0 radical (unpaired) electrons. The van der Waals surface area contributed by atoms with Gasteiger partial charge in [0.25, 0.3) is 5.56 Å². The molecule has 0 aliphatic carbocycles. The Morgan fingerprint density at radius 2 is 1.70 bits per heavy atom. The summed E-state index contributed by atoms with van der Waals surface area (Å²) >= 11 is 1.55. The minimum Gasteiger partial charge on any atom is -0.345 e. The lowest BCUT2D eigenvalue weighted by Gasteiger charge is -2.21. The Bertz CT molecular complexity index is 1040. The fraction of sp³-hybridized carbons (Fsp3) is 0.292. The summed E-state index contributed by atoms with van der Waals surface area (Å²) in [5.41, 5.74) is 2.78. The Morgan fingerprint density at radius 1 is 1.10 bits per heavy atom. The molecule has 1 N–H and O–H groups in total. The van der Waals surface area contributed by atoms with Gasteiger partial charge in [0.1, 0.15) is 0 Å². The largest absolute Gasteiger partial charge is 0.345 e. The van der Waals surface area contributed by atoms with Crippen molar-refractivity contribution in [3.8, 4) is 0 Å². The van der Waals surface area contributed by atoms with Gasteiger partial charge in [-0.2, -0.15) is 0 Å². The zero-order chi connectivity index (χ0) is 21.1. The molecule has 1 amide bonds. The third-order valence-electron chi connectivity index (χ3n) is 5.29. The van der Waals surface area contributed by atoms with Gasteiger partial charge in [0.05, 0.1) is 17.8 Å². The molecule has 1 aliphatic rings. The molecule has 1 aliphatic heterocycles. The smallest absolute Gasteiger partial charge is 0.254 e. The van der Waals surface area contributed by atoms with Crippen LogP contribution in [0.2, 0.25) is 0 Å². The number of aromatic nitrogens is 2. The van der Waals surface area contributed by atoms with E-state index < -0.39 is 0 Å². The molecule has 1 atom stereocenters. The highest BCUT2D eigenvalue weighted by molar-refractivity contribution is 7.99. The number of hydrogen-bond acceptors (Lipinski definition) is 4. The zero-order valence-electron chi connectivity index (χ0n) is 17.1. The molecule has 0 saturated heterocycles. The third kappa shape index (κ3) is 4.33. The third-order valence-corrected chi connectivity index (χ3v) is 6.39. The molecule has 2 heterocycles. The maximum absolute atomic E-state index is 13.0. The van der Waals surface area contributed by atoms with Crippen LogP contribution in [0.1, 0.15) is 55.1 Å². The van der Waals surface area contributed by atoms with Gasteiger partial charge < -0.3 is 5.32 Å². The fourth-order valence-electron chi connectivity index (χ4n) is 3.70. The number of nitrogens with one attached hydrogen (secondary N) is 1. The van der Waals surface area contributed by atoms with E-state index in [4.69, 9.17) is 0 Å². The second-order valence-corrected chi connectivity index (χ2v) is 8.80. The van der Waals surface area contributed by atoms with Crippen molar-refractivity contribution in [2.45, 2.75) is 43.4 Å². The van der Waals surface area contributed by atoms with E-state index in [0.29, 0.717) is 10.9 Å². The molecular weight excluding hydrogens is 394 g/mol. The van der Waals surface area contributed by atoms with Crippen molar-refractivity contribution in [3.05, 3.63) is 93.9 Å². The lowest BCUT2D eigenvalue weighted by molar-refractivity contribution is -0.122. The number of amides is 1. The van der Waals surface area contributed by atoms with Gasteiger partial charge in [-0.1, -0.05) is 86.3 Å². The molecule has 5 nitrogen and oxygen atoms in total. The molecule has 6 heteroatoms. The molecule has 0 unspecified atom stereocenters. The minimum atomic E-state index is -0.230. The van der Waals surface area contributed by atoms with E-state index in [2.05, 4.69) is 10.3 Å². The summed E-state index contributed by atoms with van der Waals surface area (Å²) in [6.45, 7) is 4.05. The molecule has 1 aromatic heterocycles. The van der Waals surface area contributed by atoms with Crippen molar-refractivity contribution in [2.24, 2.45) is 0 Å². The molecule has 0 spiro atoms. The first-order valence-corrected chi connectivity index (χ1v) is 11.2. The van der Waals surface area contributed by atoms with E-state index in [0.717, 1.165) is 16.8 Å². The lowest BCUT2D eigenvalue weighted by atomic mass is 9.98. The van der Waals surface area contributed by atoms with Gasteiger partial charge in [-0.25, -0.2) is 4.98 Å². The van der Waals surface area contributed by atoms with E-state index in [1.807, 2.05) is 74.5 Å². The highest BCUT2D eigenvalue weighted by atomic mass is 32.2. The highest BCUT2D eigenvalue weighted by Gasteiger charge is 2.29. The summed E-state index contributed by atoms with van der Waals surface area (Å²) in [7, 11) is 0. The number of carbonyl (C=O) groups is 1. The van der Waals surface area contributed by atoms with Crippen LogP contribution in [0.5, 0.6) is 0 Å². The van der Waals surface area contributed by atoms with Crippen LogP contribution in [-0.2, 0) is 4.79 Å². The highest BCUT2D eigenvalue weighted by Crippen LogP contribution is 2.33. The first-order chi connectivity index (χ1) is 14.5. The van der Waals surface area contributed by atoms with E-state index in [1.54, 1.807) is 22.4 Å². The van der Waals surface area contributed by atoms with Crippen LogP contribution in [0, 0.1) is 0 Å². The maximum atomic E-state index is 13.0. The second-order valence-electron chi connectivity index (χ2n) is 7.82. The van der Waals surface area contributed by atoms with Crippen LogP contribution in [0.25, 0.3) is 0 Å². The Hall–Kier alpha value is -2.86. The monoisotopic (exact) mass is 419 g/mol. The Labute approximate surface area is 180 Å². The van der Waals surface area contributed by atoms with Gasteiger partial charge in [-0.05, 0) is 17.0 Å². The van der Waals surface area contributed by atoms with E-state index in [9.17, 15) is 9.59 Å². The molecular formula is C24H25N3O2S. The van der Waals surface area contributed by atoms with Crippen molar-refractivity contribution in [3.63, 3.8) is 0 Å². The topological polar surface area (TPSA) is 64.0 Å². The van der Waals surface area contributed by atoms with E-state index in [1.165, 1.54) is 0 Å². The summed E-state index contributed by atoms with van der Waals surface area (Å²) in [6, 6.07) is 21.1. The van der Waals surface area contributed by atoms with Crippen molar-refractivity contribution in [1.29, 1.82) is 0 Å². The van der Waals surface area contributed by atoms with Gasteiger partial charge in [-0.15, -0.1) is 0 Å². The first kappa shape index (κ1) is 20.4. The molecule has 0 fully saturated rings. The van der Waals surface area contributed by atoms with Crippen molar-refractivity contribution < 1.29 is 4.79 Å². The quantitative estimate of drug-likeness (QED) is 0.605. The van der Waals surface area contributed by atoms with E-state index >= 15 is 0 Å². The molecule has 2 aromatic carbocycles. The second kappa shape index (κ2) is 8.88. The Balaban J connectivity index is 1.54. The number of fused-ring (bicyclic) bond motifs is 1. The number of thioether (sulfide) groups is 1. The number of carbonyl (C=O) groups excluding carboxylic acids is 1. The summed E-state index contributed by atoms with van der Waals surface area (Å²) in [6.07, 6.45) is 0.249. The normalized spacial score (nSPS) is 15.4. The number of rotatable bonds is 6. The summed E-state index contributed by atoms with van der Waals surface area (Å²) in [5, 5.41) is 3.89. The van der Waals surface area contributed by atoms with Crippen LogP contribution in [0.4, 0.5) is 0 Å². The van der Waals surface area contributed by atoms with Crippen molar-refractivity contribution >= 4 is 17.7 Å². The number of nitrogens with zero attached hydrogens (tertiary/aromatic N) is 2. The predicted octanol–water partition coefficient (Wildman–Crippen LogP) is 4.31. The first-order valence-electron chi connectivity index (χ1n) is 10.2. The standard InChI is InChI=1S/C24H25N3O2S/c1-16(2)20-14-22(29)27-19(15-30-24(27)25-20)13-21(28)26-23(17-9-5-3-6-10-17)18-11-7-4-8-12-18/h3-12,14,16,19,23H,13,15H2,1-2H3,(H,26,28)/t19-/m1/s1. The van der Waals surface area contributed by atoms with Crippen molar-refractivity contribution in [1.82, 2.24) is 14.9 Å². The molecule has 3 aromatic rings. The molecule has 4 rings (SSSR count). The molecule has 30 heavy (non-hydrogen) atoms. The van der Waals surface area contributed by atoms with Gasteiger partial charge in [0.2, 0.25) is 5.91 Å². The average molecular weight is 420 g/mol. The van der Waals surface area contributed by atoms with Crippen molar-refractivity contribution in [2.75, 3.05) is 5.75 Å². The van der Waals surface area contributed by atoms with Gasteiger partial charge in [-0.3, -0.25) is 14.2 Å². The SMILES string of the molecule is CC(C)c1cc(=O)n2c(n1)SC[C@H]2CC(=O)NC(c1ccccc1)c1ccccc1. The van der Waals surface area contributed by atoms with Crippen LogP contribution >= 0.6 is 11.8 Å². The summed E-state index contributed by atoms with van der Waals surface area (Å²) in [4.78, 5) is 30.3. The fourth-order valence-corrected chi connectivity index (χ4v) is 4.86. The van der Waals surface area contributed by atoms with Gasteiger partial charge >= 0.3 is 0 Å². The lowest BCUT2D eigenvalue weighted by Crippen LogP contribution is -2.33. The average Bonchev–Trinajstić information content (AvgIpc) is 3.16. The van der Waals surface area contributed by atoms with Crippen LogP contribution in [0.15, 0.2) is 76.7 Å². The summed E-state index contributed by atoms with van der Waals surface area (Å²) in [5.74, 6) is 0.800. The van der Waals surface area contributed by atoms with Crippen LogP contribution < -0.4 is 10.9 Å². The molecule has 0 bridgehead atoms. The number of benzene rings is 2. The minimum absolute atomic E-state index is 0.0748. The molecule has 0 saturated carbocycles. The molecule has 154 valence electrons. The van der Waals surface area contributed by atoms with Crippen LogP contribution in [0.3, 0.4) is 0 Å². The predicted molar refractivity (Wildman–Crippen MR) is 120 cm³/mol.